The molecule has 2 aromatic rings. The molecule has 2 saturated heterocycles. The van der Waals surface area contributed by atoms with Crippen LogP contribution in [0.15, 0.2) is 22.2 Å². The monoisotopic (exact) mass is 362 g/mol. The number of thiophene rings is 1. The summed E-state index contributed by atoms with van der Waals surface area (Å²) in [6.07, 6.45) is 1.08. The topological polar surface area (TPSA) is 65.5 Å². The number of hydrogen-bond donors (Lipinski definition) is 1. The Morgan fingerprint density at radius 3 is 2.75 bits per heavy atom. The third-order valence-corrected chi connectivity index (χ3v) is 6.05. The highest BCUT2D eigenvalue weighted by Gasteiger charge is 2.32. The number of carbonyl (C=O) groups excluding carboxylic acids is 2. The van der Waals surface area contributed by atoms with Crippen LogP contribution < -0.4 is 10.2 Å². The van der Waals surface area contributed by atoms with Gasteiger partial charge < -0.3 is 15.1 Å². The maximum absolute atomic E-state index is 12.4. The number of nitrogens with one attached hydrogen (secondary N) is 1. The number of rotatable bonds is 3. The van der Waals surface area contributed by atoms with Crippen LogP contribution in [0.3, 0.4) is 0 Å². The first-order chi connectivity index (χ1) is 11.7. The lowest BCUT2D eigenvalue weighted by molar-refractivity contribution is -0.134. The molecule has 0 saturated carbocycles. The van der Waals surface area contributed by atoms with E-state index in [-0.39, 0.29) is 17.9 Å². The minimum atomic E-state index is -0.325. The van der Waals surface area contributed by atoms with Crippen molar-refractivity contribution in [2.24, 2.45) is 0 Å². The van der Waals surface area contributed by atoms with Crippen LogP contribution in [0.2, 0.25) is 0 Å². The summed E-state index contributed by atoms with van der Waals surface area (Å²) in [5.74, 6) is 0.0364. The van der Waals surface area contributed by atoms with Gasteiger partial charge in [0.15, 0.2) is 5.13 Å². The smallest absolute Gasteiger partial charge is 0.245 e. The Labute approximate surface area is 148 Å². The molecule has 0 radical (unpaired) electrons. The highest BCUT2D eigenvalue weighted by molar-refractivity contribution is 7.14. The highest BCUT2D eigenvalue weighted by atomic mass is 32.1. The number of piperazine rings is 1. The molecule has 1 atom stereocenters. The highest BCUT2D eigenvalue weighted by Crippen LogP contribution is 2.29. The van der Waals surface area contributed by atoms with Crippen molar-refractivity contribution in [3.63, 3.8) is 0 Å². The first-order valence-corrected chi connectivity index (χ1v) is 9.84. The van der Waals surface area contributed by atoms with Crippen LogP contribution in [0.5, 0.6) is 0 Å². The van der Waals surface area contributed by atoms with Crippen LogP contribution in [0.1, 0.15) is 12.8 Å². The van der Waals surface area contributed by atoms with E-state index in [9.17, 15) is 9.59 Å². The number of aromatic nitrogens is 1. The normalized spacial score (nSPS) is 21.2. The Bertz CT molecular complexity index is 735. The van der Waals surface area contributed by atoms with E-state index in [4.69, 9.17) is 4.98 Å². The zero-order chi connectivity index (χ0) is 16.5. The van der Waals surface area contributed by atoms with Gasteiger partial charge in [-0.15, -0.1) is 11.3 Å². The van der Waals surface area contributed by atoms with Crippen molar-refractivity contribution in [2.45, 2.75) is 18.9 Å². The van der Waals surface area contributed by atoms with E-state index >= 15 is 0 Å². The molecule has 24 heavy (non-hydrogen) atoms. The molecule has 0 bridgehead atoms. The van der Waals surface area contributed by atoms with Gasteiger partial charge in [0.2, 0.25) is 11.8 Å². The van der Waals surface area contributed by atoms with Crippen LogP contribution in [-0.4, -0.2) is 53.9 Å². The van der Waals surface area contributed by atoms with E-state index < -0.39 is 0 Å². The van der Waals surface area contributed by atoms with E-state index in [1.165, 1.54) is 0 Å². The average Bonchev–Trinajstić information content (AvgIpc) is 3.35. The maximum atomic E-state index is 12.4. The molecule has 8 heteroatoms. The van der Waals surface area contributed by atoms with Crippen LogP contribution in [0, 0.1) is 0 Å². The number of amides is 2. The van der Waals surface area contributed by atoms with Crippen LogP contribution in [0.25, 0.3) is 11.3 Å². The third-order valence-electron chi connectivity index (χ3n) is 4.46. The van der Waals surface area contributed by atoms with E-state index in [0.717, 1.165) is 29.5 Å². The van der Waals surface area contributed by atoms with Gasteiger partial charge in [0.25, 0.3) is 0 Å². The molecule has 2 aliphatic rings. The fourth-order valence-electron chi connectivity index (χ4n) is 3.09. The summed E-state index contributed by atoms with van der Waals surface area (Å²) in [6.45, 7) is 2.92. The number of thiazole rings is 1. The second-order valence-corrected chi connectivity index (χ2v) is 7.62. The van der Waals surface area contributed by atoms with Gasteiger partial charge in [0.05, 0.1) is 5.69 Å². The fraction of sp³-hybridized carbons (Fsp3) is 0.438. The van der Waals surface area contributed by atoms with E-state index in [2.05, 4.69) is 32.4 Å². The third kappa shape index (κ3) is 3.03. The standard InChI is InChI=1S/C16H18N4O2S2/c21-14-2-1-12(17-14)15(22)19-4-6-20(7-5-19)16-18-13(10-24-16)11-3-8-23-9-11/h3,8-10,12H,1-2,4-7H2,(H,17,21). The lowest BCUT2D eigenvalue weighted by Gasteiger charge is -2.35. The molecule has 6 nitrogen and oxygen atoms in total. The number of carbonyl (C=O) groups is 2. The Hall–Kier alpha value is -1.93. The minimum absolute atomic E-state index is 0.0178. The second kappa shape index (κ2) is 6.52. The summed E-state index contributed by atoms with van der Waals surface area (Å²) < 4.78 is 0. The van der Waals surface area contributed by atoms with E-state index in [1.807, 2.05) is 4.90 Å². The van der Waals surface area contributed by atoms with Crippen molar-refractivity contribution < 1.29 is 9.59 Å². The summed E-state index contributed by atoms with van der Waals surface area (Å²) in [4.78, 5) is 32.5. The Morgan fingerprint density at radius 2 is 2.08 bits per heavy atom. The molecule has 4 heterocycles. The van der Waals surface area contributed by atoms with Gasteiger partial charge in [-0.25, -0.2) is 4.98 Å². The molecule has 4 rings (SSSR count). The van der Waals surface area contributed by atoms with E-state index in [1.54, 1.807) is 22.7 Å². The van der Waals surface area contributed by atoms with Crippen molar-refractivity contribution in [3.05, 3.63) is 22.2 Å². The molecule has 0 spiro atoms. The zero-order valence-corrected chi connectivity index (χ0v) is 14.7. The van der Waals surface area contributed by atoms with E-state index in [0.29, 0.717) is 25.9 Å². The van der Waals surface area contributed by atoms with Crippen molar-refractivity contribution >= 4 is 39.6 Å². The van der Waals surface area contributed by atoms with Gasteiger partial charge in [0, 0.05) is 48.9 Å². The molecule has 1 N–H and O–H groups in total. The van der Waals surface area contributed by atoms with Crippen LogP contribution in [0.4, 0.5) is 5.13 Å². The van der Waals surface area contributed by atoms with Gasteiger partial charge in [-0.1, -0.05) is 0 Å². The first-order valence-electron chi connectivity index (χ1n) is 8.02. The number of hydrogen-bond acceptors (Lipinski definition) is 6. The molecule has 126 valence electrons. The van der Waals surface area contributed by atoms with Crippen molar-refractivity contribution in [1.29, 1.82) is 0 Å². The van der Waals surface area contributed by atoms with Gasteiger partial charge in [-0.05, 0) is 17.9 Å². The summed E-state index contributed by atoms with van der Waals surface area (Å²) >= 11 is 3.32. The lowest BCUT2D eigenvalue weighted by atomic mass is 10.2. The number of anilines is 1. The molecule has 1 unspecified atom stereocenters. The van der Waals surface area contributed by atoms with Gasteiger partial charge in [0.1, 0.15) is 6.04 Å². The number of nitrogens with zero attached hydrogens (tertiary/aromatic N) is 3. The predicted molar refractivity (Wildman–Crippen MR) is 95.4 cm³/mol. The Morgan fingerprint density at radius 1 is 1.25 bits per heavy atom. The Balaban J connectivity index is 1.36. The maximum Gasteiger partial charge on any atom is 0.245 e. The van der Waals surface area contributed by atoms with Gasteiger partial charge >= 0.3 is 0 Å². The molecule has 2 aromatic heterocycles. The largest absolute Gasteiger partial charge is 0.345 e. The summed E-state index contributed by atoms with van der Waals surface area (Å²) in [5.41, 5.74) is 2.18. The van der Waals surface area contributed by atoms with Gasteiger partial charge in [-0.3, -0.25) is 9.59 Å². The summed E-state index contributed by atoms with van der Waals surface area (Å²) in [7, 11) is 0. The quantitative estimate of drug-likeness (QED) is 0.904. The molecule has 0 aromatic carbocycles. The fourth-order valence-corrected chi connectivity index (χ4v) is 4.63. The molecular weight excluding hydrogens is 344 g/mol. The molecule has 2 aliphatic heterocycles. The van der Waals surface area contributed by atoms with Crippen LogP contribution in [-0.2, 0) is 9.59 Å². The molecular formula is C16H18N4O2S2. The lowest BCUT2D eigenvalue weighted by Crippen LogP contribution is -2.53. The zero-order valence-electron chi connectivity index (χ0n) is 13.1. The Kier molecular flexibility index (Phi) is 4.24. The average molecular weight is 362 g/mol. The van der Waals surface area contributed by atoms with Crippen LogP contribution >= 0.6 is 22.7 Å². The summed E-state index contributed by atoms with van der Waals surface area (Å²) in [5, 5.41) is 10.0. The summed E-state index contributed by atoms with van der Waals surface area (Å²) in [6, 6.07) is 1.75. The SMILES string of the molecule is O=C1CCC(C(=O)N2CCN(c3nc(-c4ccsc4)cs3)CC2)N1. The van der Waals surface area contributed by atoms with Gasteiger partial charge in [-0.2, -0.15) is 11.3 Å². The van der Waals surface area contributed by atoms with Crippen molar-refractivity contribution in [3.8, 4) is 11.3 Å². The molecule has 2 fully saturated rings. The molecule has 2 amide bonds. The first kappa shape index (κ1) is 15.6. The second-order valence-electron chi connectivity index (χ2n) is 6.00. The van der Waals surface area contributed by atoms with Crippen molar-refractivity contribution in [2.75, 3.05) is 31.1 Å². The predicted octanol–water partition coefficient (Wildman–Crippen LogP) is 1.80. The minimum Gasteiger partial charge on any atom is -0.345 e. The van der Waals surface area contributed by atoms with Crippen molar-refractivity contribution in [1.82, 2.24) is 15.2 Å². The molecule has 0 aliphatic carbocycles.